The number of nitrogens with two attached hydrogens (primary N) is 1. The molecule has 3 nitrogen and oxygen atoms in total. The second kappa shape index (κ2) is 7.27. The van der Waals surface area contributed by atoms with Crippen molar-refractivity contribution in [3.05, 3.63) is 23.8 Å². The number of hydrogen-bond acceptors (Lipinski definition) is 3. The minimum Gasteiger partial charge on any atom is -0.493 e. The maximum absolute atomic E-state index is 6.29. The van der Waals surface area contributed by atoms with E-state index in [0.29, 0.717) is 5.92 Å². The SMILES string of the molecule is CCCC(C)CC(N)c1cccc(OC)c1OC. The first-order chi connectivity index (χ1) is 8.63. The van der Waals surface area contributed by atoms with E-state index in [2.05, 4.69) is 13.8 Å². The molecule has 0 saturated carbocycles. The Balaban J connectivity index is 2.87. The van der Waals surface area contributed by atoms with Crippen LogP contribution in [0, 0.1) is 5.92 Å². The molecule has 0 aliphatic heterocycles. The lowest BCUT2D eigenvalue weighted by Gasteiger charge is -2.20. The molecular formula is C15H25NO2. The Kier molecular flexibility index (Phi) is 5.99. The number of benzene rings is 1. The number of para-hydroxylation sites is 1. The zero-order valence-corrected chi connectivity index (χ0v) is 11.9. The first-order valence-corrected chi connectivity index (χ1v) is 6.60. The molecule has 2 atom stereocenters. The molecule has 0 amide bonds. The Morgan fingerprint density at radius 2 is 1.94 bits per heavy atom. The maximum Gasteiger partial charge on any atom is 0.165 e. The van der Waals surface area contributed by atoms with Crippen LogP contribution in [0.5, 0.6) is 11.5 Å². The van der Waals surface area contributed by atoms with E-state index in [1.165, 1.54) is 12.8 Å². The van der Waals surface area contributed by atoms with Crippen molar-refractivity contribution in [2.24, 2.45) is 11.7 Å². The lowest BCUT2D eigenvalue weighted by atomic mass is 9.93. The first kappa shape index (κ1) is 14.8. The molecule has 2 N–H and O–H groups in total. The van der Waals surface area contributed by atoms with Crippen molar-refractivity contribution < 1.29 is 9.47 Å². The first-order valence-electron chi connectivity index (χ1n) is 6.60. The van der Waals surface area contributed by atoms with Crippen LogP contribution in [0.1, 0.15) is 44.7 Å². The van der Waals surface area contributed by atoms with E-state index in [1.807, 2.05) is 18.2 Å². The molecule has 0 radical (unpaired) electrons. The van der Waals surface area contributed by atoms with Gasteiger partial charge in [0.25, 0.3) is 0 Å². The highest BCUT2D eigenvalue weighted by Crippen LogP contribution is 2.36. The quantitative estimate of drug-likeness (QED) is 0.806. The molecule has 0 aliphatic rings. The van der Waals surface area contributed by atoms with E-state index >= 15 is 0 Å². The van der Waals surface area contributed by atoms with E-state index in [-0.39, 0.29) is 6.04 Å². The van der Waals surface area contributed by atoms with Crippen LogP contribution in [0.4, 0.5) is 0 Å². The second-order valence-corrected chi connectivity index (χ2v) is 4.82. The molecule has 0 bridgehead atoms. The highest BCUT2D eigenvalue weighted by molar-refractivity contribution is 5.47. The van der Waals surface area contributed by atoms with Crippen molar-refractivity contribution in [1.29, 1.82) is 0 Å². The largest absolute Gasteiger partial charge is 0.493 e. The molecule has 0 aliphatic carbocycles. The molecule has 0 aromatic heterocycles. The highest BCUT2D eigenvalue weighted by Gasteiger charge is 2.17. The summed E-state index contributed by atoms with van der Waals surface area (Å²) in [7, 11) is 3.30. The summed E-state index contributed by atoms with van der Waals surface area (Å²) in [6, 6.07) is 5.87. The summed E-state index contributed by atoms with van der Waals surface area (Å²) in [5.74, 6) is 2.13. The van der Waals surface area contributed by atoms with Gasteiger partial charge in [0.05, 0.1) is 14.2 Å². The number of rotatable bonds is 7. The Labute approximate surface area is 110 Å². The zero-order valence-electron chi connectivity index (χ0n) is 11.9. The summed E-state index contributed by atoms with van der Waals surface area (Å²) in [4.78, 5) is 0. The van der Waals surface area contributed by atoms with Crippen molar-refractivity contribution in [2.75, 3.05) is 14.2 Å². The third-order valence-corrected chi connectivity index (χ3v) is 3.27. The molecule has 0 heterocycles. The normalized spacial score (nSPS) is 14.1. The van der Waals surface area contributed by atoms with Gasteiger partial charge >= 0.3 is 0 Å². The van der Waals surface area contributed by atoms with Gasteiger partial charge in [-0.15, -0.1) is 0 Å². The topological polar surface area (TPSA) is 44.5 Å². The molecule has 102 valence electrons. The minimum absolute atomic E-state index is 0.00315. The van der Waals surface area contributed by atoms with Gasteiger partial charge in [0.2, 0.25) is 0 Å². The monoisotopic (exact) mass is 251 g/mol. The Bertz CT molecular complexity index is 366. The molecule has 3 heteroatoms. The third-order valence-electron chi connectivity index (χ3n) is 3.27. The van der Waals surface area contributed by atoms with Crippen molar-refractivity contribution in [3.63, 3.8) is 0 Å². The summed E-state index contributed by atoms with van der Waals surface area (Å²) in [6.07, 6.45) is 3.38. The van der Waals surface area contributed by atoms with Crippen LogP contribution < -0.4 is 15.2 Å². The van der Waals surface area contributed by atoms with Gasteiger partial charge in [-0.2, -0.15) is 0 Å². The highest BCUT2D eigenvalue weighted by atomic mass is 16.5. The van der Waals surface area contributed by atoms with Crippen LogP contribution in [0.3, 0.4) is 0 Å². The van der Waals surface area contributed by atoms with E-state index in [4.69, 9.17) is 15.2 Å². The number of methoxy groups -OCH3 is 2. The third kappa shape index (κ3) is 3.64. The van der Waals surface area contributed by atoms with Crippen LogP contribution in [0.15, 0.2) is 18.2 Å². The van der Waals surface area contributed by atoms with Crippen molar-refractivity contribution in [2.45, 2.75) is 39.2 Å². The van der Waals surface area contributed by atoms with Gasteiger partial charge < -0.3 is 15.2 Å². The fraction of sp³-hybridized carbons (Fsp3) is 0.600. The Morgan fingerprint density at radius 3 is 2.50 bits per heavy atom. The van der Waals surface area contributed by atoms with Gasteiger partial charge in [0.15, 0.2) is 11.5 Å². The summed E-state index contributed by atoms with van der Waals surface area (Å²) in [5, 5.41) is 0. The predicted molar refractivity (Wildman–Crippen MR) is 75.2 cm³/mol. The fourth-order valence-corrected chi connectivity index (χ4v) is 2.38. The molecule has 1 aromatic carbocycles. The molecular weight excluding hydrogens is 226 g/mol. The van der Waals surface area contributed by atoms with Crippen LogP contribution in [0.2, 0.25) is 0 Å². The second-order valence-electron chi connectivity index (χ2n) is 4.82. The number of hydrogen-bond donors (Lipinski definition) is 1. The Hall–Kier alpha value is -1.22. The van der Waals surface area contributed by atoms with E-state index < -0.39 is 0 Å². The van der Waals surface area contributed by atoms with E-state index in [9.17, 15) is 0 Å². The molecule has 2 unspecified atom stereocenters. The summed E-state index contributed by atoms with van der Waals surface area (Å²) in [5.41, 5.74) is 7.32. The minimum atomic E-state index is -0.00315. The predicted octanol–water partition coefficient (Wildman–Crippen LogP) is 3.53. The van der Waals surface area contributed by atoms with Gasteiger partial charge in [-0.1, -0.05) is 38.8 Å². The van der Waals surface area contributed by atoms with Crippen LogP contribution in [-0.2, 0) is 0 Å². The number of ether oxygens (including phenoxy) is 2. The standard InChI is InChI=1S/C15H25NO2/c1-5-7-11(2)10-13(16)12-8-6-9-14(17-3)15(12)18-4/h6,8-9,11,13H,5,7,10,16H2,1-4H3. The van der Waals surface area contributed by atoms with Gasteiger partial charge in [-0.25, -0.2) is 0 Å². The summed E-state index contributed by atoms with van der Waals surface area (Å²) >= 11 is 0. The summed E-state index contributed by atoms with van der Waals surface area (Å²) < 4.78 is 10.7. The maximum atomic E-state index is 6.29. The van der Waals surface area contributed by atoms with Gasteiger partial charge in [-0.05, 0) is 18.4 Å². The molecule has 0 fully saturated rings. The Morgan fingerprint density at radius 1 is 1.22 bits per heavy atom. The van der Waals surface area contributed by atoms with Crippen LogP contribution in [-0.4, -0.2) is 14.2 Å². The fourth-order valence-electron chi connectivity index (χ4n) is 2.38. The van der Waals surface area contributed by atoms with Crippen LogP contribution in [0.25, 0.3) is 0 Å². The van der Waals surface area contributed by atoms with E-state index in [1.54, 1.807) is 14.2 Å². The van der Waals surface area contributed by atoms with Crippen LogP contribution >= 0.6 is 0 Å². The average molecular weight is 251 g/mol. The lowest BCUT2D eigenvalue weighted by molar-refractivity contribution is 0.345. The van der Waals surface area contributed by atoms with Gasteiger partial charge in [-0.3, -0.25) is 0 Å². The van der Waals surface area contributed by atoms with Gasteiger partial charge in [0.1, 0.15) is 0 Å². The zero-order chi connectivity index (χ0) is 13.5. The molecule has 0 saturated heterocycles. The molecule has 18 heavy (non-hydrogen) atoms. The van der Waals surface area contributed by atoms with Crippen molar-refractivity contribution >= 4 is 0 Å². The van der Waals surface area contributed by atoms with Gasteiger partial charge in [0, 0.05) is 11.6 Å². The van der Waals surface area contributed by atoms with Crippen molar-refractivity contribution in [3.8, 4) is 11.5 Å². The smallest absolute Gasteiger partial charge is 0.165 e. The molecule has 1 aromatic rings. The average Bonchev–Trinajstić information content (AvgIpc) is 2.37. The molecule has 0 spiro atoms. The van der Waals surface area contributed by atoms with E-state index in [0.717, 1.165) is 23.5 Å². The summed E-state index contributed by atoms with van der Waals surface area (Å²) in [6.45, 7) is 4.45. The molecule has 1 rings (SSSR count). The lowest BCUT2D eigenvalue weighted by Crippen LogP contribution is -2.15. The van der Waals surface area contributed by atoms with Crippen molar-refractivity contribution in [1.82, 2.24) is 0 Å².